The van der Waals surface area contributed by atoms with Gasteiger partial charge in [0, 0.05) is 17.6 Å². The molecular formula is C20H24ClN4O7P. The number of fused-ring (bicyclic) bond motifs is 2. The lowest BCUT2D eigenvalue weighted by Gasteiger charge is -2.20. The highest BCUT2D eigenvalue weighted by Crippen LogP contribution is 2.52. The summed E-state index contributed by atoms with van der Waals surface area (Å²) in [6, 6.07) is 4.12. The first-order valence-electron chi connectivity index (χ1n) is 10.7. The third-order valence-electron chi connectivity index (χ3n) is 6.67. The lowest BCUT2D eigenvalue weighted by molar-refractivity contribution is -0.0610. The number of nitrogens with one attached hydrogen (secondary N) is 1. The molecule has 0 bridgehead atoms. The second kappa shape index (κ2) is 8.48. The molecule has 0 radical (unpaired) electrons. The number of aliphatic hydroxyl groups excluding tert-OH is 2. The molecule has 33 heavy (non-hydrogen) atoms. The highest BCUT2D eigenvalue weighted by atomic mass is 35.5. The number of aliphatic hydroxyl groups is 2. The Bertz CT molecular complexity index is 1150. The van der Waals surface area contributed by atoms with Crippen LogP contribution in [0.3, 0.4) is 0 Å². The molecule has 1 aliphatic heterocycles. The number of halogens is 1. The predicted octanol–water partition coefficient (Wildman–Crippen LogP) is 1.54. The molecule has 178 valence electrons. The minimum atomic E-state index is -4.37. The first-order chi connectivity index (χ1) is 15.7. The number of pyridine rings is 1. The van der Waals surface area contributed by atoms with E-state index in [2.05, 4.69) is 16.4 Å². The van der Waals surface area contributed by atoms with Crippen molar-refractivity contribution in [3.05, 3.63) is 23.0 Å². The van der Waals surface area contributed by atoms with Crippen LogP contribution in [-0.2, 0) is 14.0 Å². The van der Waals surface area contributed by atoms with E-state index in [1.807, 2.05) is 0 Å². The van der Waals surface area contributed by atoms with Gasteiger partial charge in [0.1, 0.15) is 41.9 Å². The fraction of sp³-hybridized carbons (Fsp3) is 0.600. The van der Waals surface area contributed by atoms with Gasteiger partial charge in [-0.05, 0) is 37.2 Å². The molecule has 0 amide bonds. The summed E-state index contributed by atoms with van der Waals surface area (Å²) in [4.78, 5) is 22.2. The van der Waals surface area contributed by atoms with E-state index >= 15 is 0 Å². The van der Waals surface area contributed by atoms with Gasteiger partial charge in [0.15, 0.2) is 11.4 Å². The first kappa shape index (κ1) is 23.0. The highest BCUT2D eigenvalue weighted by molar-refractivity contribution is 7.51. The molecule has 2 aliphatic carbocycles. The standard InChI is InChI=1S/C20H24ClN4O7P/c21-18-13(6-22)15(23-11-4-9-3-10(9)5-11)12-1-2-25(19(12)24-18)20-17(27)16(26)14(32-20)7-31-8-33(28,29)30/h1-2,9-11,14,16-17,20,26-27H,3-5,7-8H2,(H,23,24)(H2,28,29,30)/t9?,10?,11?,14-,16-,17-,20-/m1/s1. The Labute approximate surface area is 194 Å². The molecule has 2 unspecified atom stereocenters. The van der Waals surface area contributed by atoms with E-state index in [1.54, 1.807) is 12.3 Å². The maximum Gasteiger partial charge on any atom is 0.350 e. The molecule has 11 nitrogen and oxygen atoms in total. The lowest BCUT2D eigenvalue weighted by Crippen LogP contribution is -2.33. The molecule has 2 aromatic rings. The van der Waals surface area contributed by atoms with E-state index in [1.165, 1.54) is 11.0 Å². The average molecular weight is 499 g/mol. The fourth-order valence-corrected chi connectivity index (χ4v) is 5.58. The van der Waals surface area contributed by atoms with Crippen molar-refractivity contribution >= 4 is 35.9 Å². The van der Waals surface area contributed by atoms with Gasteiger partial charge in [-0.15, -0.1) is 0 Å². The molecule has 0 spiro atoms. The largest absolute Gasteiger partial charge is 0.387 e. The molecule has 1 saturated heterocycles. The summed E-state index contributed by atoms with van der Waals surface area (Å²) >= 11 is 6.34. The summed E-state index contributed by atoms with van der Waals surface area (Å²) in [6.45, 7) is -0.317. The van der Waals surface area contributed by atoms with Crippen molar-refractivity contribution in [2.45, 2.75) is 49.8 Å². The highest BCUT2D eigenvalue weighted by Gasteiger charge is 2.46. The number of nitriles is 1. The molecule has 3 fully saturated rings. The topological polar surface area (TPSA) is 170 Å². The number of hydrogen-bond acceptors (Lipinski definition) is 8. The molecule has 6 atom stereocenters. The van der Waals surface area contributed by atoms with Crippen molar-refractivity contribution in [2.24, 2.45) is 11.8 Å². The van der Waals surface area contributed by atoms with Gasteiger partial charge in [0.05, 0.1) is 12.3 Å². The van der Waals surface area contributed by atoms with E-state index in [9.17, 15) is 20.0 Å². The van der Waals surface area contributed by atoms with Crippen molar-refractivity contribution < 1.29 is 34.0 Å². The molecule has 3 heterocycles. The maximum absolute atomic E-state index is 11.0. The van der Waals surface area contributed by atoms with E-state index in [4.69, 9.17) is 30.9 Å². The van der Waals surface area contributed by atoms with Gasteiger partial charge < -0.3 is 39.4 Å². The van der Waals surface area contributed by atoms with Gasteiger partial charge >= 0.3 is 7.60 Å². The van der Waals surface area contributed by atoms with Crippen LogP contribution in [0.2, 0.25) is 5.15 Å². The Balaban J connectivity index is 1.41. The van der Waals surface area contributed by atoms with Crippen molar-refractivity contribution in [3.8, 4) is 6.07 Å². The Morgan fingerprint density at radius 3 is 2.70 bits per heavy atom. The zero-order valence-corrected chi connectivity index (χ0v) is 19.1. The molecule has 5 rings (SSSR count). The molecule has 2 aromatic heterocycles. The van der Waals surface area contributed by atoms with E-state index < -0.39 is 38.5 Å². The second-order valence-electron chi connectivity index (χ2n) is 9.00. The Morgan fingerprint density at radius 2 is 2.03 bits per heavy atom. The smallest absolute Gasteiger partial charge is 0.350 e. The van der Waals surface area contributed by atoms with Gasteiger partial charge in [0.2, 0.25) is 0 Å². The Hall–Kier alpha value is -1.74. The van der Waals surface area contributed by atoms with Crippen LogP contribution in [0.4, 0.5) is 5.69 Å². The first-order valence-corrected chi connectivity index (χ1v) is 12.8. The molecule has 2 saturated carbocycles. The number of nitrogens with zero attached hydrogens (tertiary/aromatic N) is 3. The van der Waals surface area contributed by atoms with Crippen LogP contribution in [0.15, 0.2) is 12.3 Å². The van der Waals surface area contributed by atoms with Crippen molar-refractivity contribution in [1.29, 1.82) is 5.26 Å². The predicted molar refractivity (Wildman–Crippen MR) is 116 cm³/mol. The zero-order chi connectivity index (χ0) is 23.5. The molecule has 5 N–H and O–H groups in total. The van der Waals surface area contributed by atoms with Crippen molar-refractivity contribution in [1.82, 2.24) is 9.55 Å². The summed E-state index contributed by atoms with van der Waals surface area (Å²) in [5, 5.41) is 34.8. The number of aromatic nitrogens is 2. The SMILES string of the molecule is N#Cc1c(Cl)nc2c(ccn2[C@@H]2O[C@H](COCP(=O)(O)O)[C@@H](O)[C@H]2O)c1NC1CC2CC2C1. The van der Waals surface area contributed by atoms with Crippen LogP contribution < -0.4 is 5.32 Å². The summed E-state index contributed by atoms with van der Waals surface area (Å²) < 4.78 is 23.2. The van der Waals surface area contributed by atoms with E-state index in [0.717, 1.165) is 24.7 Å². The summed E-state index contributed by atoms with van der Waals surface area (Å²) in [5.41, 5.74) is 1.21. The van der Waals surface area contributed by atoms with Crippen molar-refractivity contribution in [2.75, 3.05) is 18.3 Å². The van der Waals surface area contributed by atoms with E-state index in [-0.39, 0.29) is 23.4 Å². The van der Waals surface area contributed by atoms with Gasteiger partial charge in [-0.2, -0.15) is 5.26 Å². The maximum atomic E-state index is 11.0. The third-order valence-corrected chi connectivity index (χ3v) is 7.47. The van der Waals surface area contributed by atoms with Crippen LogP contribution in [0.25, 0.3) is 11.0 Å². The van der Waals surface area contributed by atoms with Crippen LogP contribution in [-0.4, -0.2) is 66.9 Å². The van der Waals surface area contributed by atoms with Gasteiger partial charge in [-0.3, -0.25) is 4.57 Å². The zero-order valence-electron chi connectivity index (χ0n) is 17.4. The minimum absolute atomic E-state index is 0.0187. The second-order valence-corrected chi connectivity index (χ2v) is 10.9. The van der Waals surface area contributed by atoms with Crippen LogP contribution in [0, 0.1) is 23.2 Å². The normalized spacial score (nSPS) is 33.3. The van der Waals surface area contributed by atoms with Gasteiger partial charge in [0.25, 0.3) is 0 Å². The summed E-state index contributed by atoms with van der Waals surface area (Å²) in [5.74, 6) is 1.50. The van der Waals surface area contributed by atoms with Crippen LogP contribution in [0.1, 0.15) is 31.1 Å². The molecule has 0 aromatic carbocycles. The van der Waals surface area contributed by atoms with Crippen molar-refractivity contribution in [3.63, 3.8) is 0 Å². The number of hydrogen-bond donors (Lipinski definition) is 5. The average Bonchev–Trinajstić information content (AvgIpc) is 3.05. The monoisotopic (exact) mass is 498 g/mol. The minimum Gasteiger partial charge on any atom is -0.387 e. The van der Waals surface area contributed by atoms with Crippen LogP contribution in [0.5, 0.6) is 0 Å². The fourth-order valence-electron chi connectivity index (χ4n) is 5.02. The summed E-state index contributed by atoms with van der Waals surface area (Å²) in [7, 11) is -4.37. The van der Waals surface area contributed by atoms with Gasteiger partial charge in [-0.1, -0.05) is 11.6 Å². The van der Waals surface area contributed by atoms with E-state index in [0.29, 0.717) is 16.7 Å². The Morgan fingerprint density at radius 1 is 1.30 bits per heavy atom. The molecular weight excluding hydrogens is 475 g/mol. The molecule has 3 aliphatic rings. The van der Waals surface area contributed by atoms with Crippen LogP contribution >= 0.6 is 19.2 Å². The third kappa shape index (κ3) is 4.38. The lowest BCUT2D eigenvalue weighted by atomic mass is 10.1. The Kier molecular flexibility index (Phi) is 5.92. The number of anilines is 1. The quantitative estimate of drug-likeness (QED) is 0.278. The molecule has 13 heteroatoms. The number of ether oxygens (including phenoxy) is 2. The van der Waals surface area contributed by atoms with Gasteiger partial charge in [-0.25, -0.2) is 4.98 Å². The number of rotatable bonds is 7. The summed E-state index contributed by atoms with van der Waals surface area (Å²) in [6.07, 6.45) is -0.570.